The number of imidazole rings is 1. The third-order valence-electron chi connectivity index (χ3n) is 3.35. The largest absolute Gasteiger partial charge is 0.481 e. The molecule has 96 valence electrons. The van der Waals surface area contributed by atoms with Gasteiger partial charge in [-0.25, -0.2) is 4.98 Å². The van der Waals surface area contributed by atoms with E-state index in [1.54, 1.807) is 0 Å². The number of nitrogens with one attached hydrogen (secondary N) is 1. The van der Waals surface area contributed by atoms with Crippen molar-refractivity contribution in [1.29, 1.82) is 0 Å². The average molecular weight is 246 g/mol. The third-order valence-corrected chi connectivity index (χ3v) is 3.35. The summed E-state index contributed by atoms with van der Waals surface area (Å²) in [7, 11) is 0. The minimum atomic E-state index is -0.749. The quantitative estimate of drug-likeness (QED) is 0.871. The van der Waals surface area contributed by atoms with Crippen molar-refractivity contribution in [2.45, 2.75) is 39.0 Å². The molecule has 0 atom stereocenters. The smallest absolute Gasteiger partial charge is 0.303 e. The van der Waals surface area contributed by atoms with E-state index in [0.717, 1.165) is 22.4 Å². The fraction of sp³-hybridized carbons (Fsp3) is 0.429. The zero-order valence-electron chi connectivity index (χ0n) is 10.9. The molecule has 4 heteroatoms. The third kappa shape index (κ3) is 2.53. The van der Waals surface area contributed by atoms with Crippen LogP contribution in [0.5, 0.6) is 0 Å². The number of hydrogen-bond donors (Lipinski definition) is 2. The Hall–Kier alpha value is -1.84. The number of rotatable bonds is 4. The van der Waals surface area contributed by atoms with E-state index in [1.807, 2.05) is 19.1 Å². The molecule has 0 aliphatic carbocycles. The second-order valence-corrected chi connectivity index (χ2v) is 5.33. The van der Waals surface area contributed by atoms with Gasteiger partial charge in [-0.1, -0.05) is 19.9 Å². The lowest BCUT2D eigenvalue weighted by Crippen LogP contribution is -2.18. The SMILES string of the molecule is Cc1nc2ccc(C(C)(C)CCC(=O)O)cc2[nH]1. The number of carboxylic acid groups (broad SMARTS) is 1. The molecule has 1 aromatic heterocycles. The Morgan fingerprint density at radius 1 is 1.44 bits per heavy atom. The van der Waals surface area contributed by atoms with Gasteiger partial charge >= 0.3 is 5.97 Å². The number of nitrogens with zero attached hydrogens (tertiary/aromatic N) is 1. The molecule has 2 aromatic rings. The van der Waals surface area contributed by atoms with Crippen LogP contribution in [-0.4, -0.2) is 21.0 Å². The van der Waals surface area contributed by atoms with Crippen LogP contribution in [0.15, 0.2) is 18.2 Å². The van der Waals surface area contributed by atoms with Crippen LogP contribution in [0.3, 0.4) is 0 Å². The van der Waals surface area contributed by atoms with E-state index in [2.05, 4.69) is 29.9 Å². The van der Waals surface area contributed by atoms with Crippen LogP contribution in [0.2, 0.25) is 0 Å². The summed E-state index contributed by atoms with van der Waals surface area (Å²) in [5.74, 6) is 0.145. The molecule has 0 saturated heterocycles. The molecule has 0 unspecified atom stereocenters. The molecule has 0 radical (unpaired) electrons. The molecule has 0 bridgehead atoms. The minimum absolute atomic E-state index is 0.147. The minimum Gasteiger partial charge on any atom is -0.481 e. The Kier molecular flexibility index (Phi) is 3.11. The molecule has 1 heterocycles. The Morgan fingerprint density at radius 3 is 2.83 bits per heavy atom. The van der Waals surface area contributed by atoms with Gasteiger partial charge in [0.1, 0.15) is 5.82 Å². The number of benzene rings is 1. The average Bonchev–Trinajstić information content (AvgIpc) is 2.65. The maximum atomic E-state index is 10.7. The van der Waals surface area contributed by atoms with E-state index in [9.17, 15) is 4.79 Å². The standard InChI is InChI=1S/C14H18N2O2/c1-9-15-11-5-4-10(8-12(11)16-9)14(2,3)7-6-13(17)18/h4-5,8H,6-7H2,1-3H3,(H,15,16)(H,17,18). The first kappa shape index (κ1) is 12.6. The van der Waals surface area contributed by atoms with Crippen LogP contribution in [0.1, 0.15) is 38.1 Å². The van der Waals surface area contributed by atoms with Crippen LogP contribution in [-0.2, 0) is 10.2 Å². The maximum Gasteiger partial charge on any atom is 0.303 e. The van der Waals surface area contributed by atoms with Crippen molar-refractivity contribution in [3.63, 3.8) is 0 Å². The molecule has 0 aliphatic heterocycles. The monoisotopic (exact) mass is 246 g/mol. The van der Waals surface area contributed by atoms with Gasteiger partial charge in [0, 0.05) is 6.42 Å². The summed E-state index contributed by atoms with van der Waals surface area (Å²) in [4.78, 5) is 18.2. The highest BCUT2D eigenvalue weighted by atomic mass is 16.4. The molecule has 18 heavy (non-hydrogen) atoms. The van der Waals surface area contributed by atoms with Crippen molar-refractivity contribution >= 4 is 17.0 Å². The number of aromatic amines is 1. The lowest BCUT2D eigenvalue weighted by atomic mass is 9.80. The molecule has 0 aliphatic rings. The number of fused-ring (bicyclic) bond motifs is 1. The topological polar surface area (TPSA) is 66.0 Å². The van der Waals surface area contributed by atoms with Crippen LogP contribution in [0.25, 0.3) is 11.0 Å². The van der Waals surface area contributed by atoms with E-state index in [1.165, 1.54) is 0 Å². The van der Waals surface area contributed by atoms with Crippen molar-refractivity contribution < 1.29 is 9.90 Å². The molecule has 1 aromatic carbocycles. The summed E-state index contributed by atoms with van der Waals surface area (Å²) >= 11 is 0. The lowest BCUT2D eigenvalue weighted by molar-refractivity contribution is -0.137. The van der Waals surface area contributed by atoms with Gasteiger partial charge < -0.3 is 10.1 Å². The van der Waals surface area contributed by atoms with Gasteiger partial charge in [-0.3, -0.25) is 4.79 Å². The number of carbonyl (C=O) groups is 1. The molecule has 2 rings (SSSR count). The first-order valence-electron chi connectivity index (χ1n) is 6.07. The molecular weight excluding hydrogens is 228 g/mol. The second-order valence-electron chi connectivity index (χ2n) is 5.33. The molecule has 2 N–H and O–H groups in total. The number of hydrogen-bond acceptors (Lipinski definition) is 2. The van der Waals surface area contributed by atoms with Gasteiger partial charge in [-0.2, -0.15) is 0 Å². The van der Waals surface area contributed by atoms with Gasteiger partial charge in [0.05, 0.1) is 11.0 Å². The van der Waals surface area contributed by atoms with Crippen molar-refractivity contribution in [3.8, 4) is 0 Å². The van der Waals surface area contributed by atoms with E-state index in [4.69, 9.17) is 5.11 Å². The van der Waals surface area contributed by atoms with E-state index in [-0.39, 0.29) is 11.8 Å². The fourth-order valence-corrected chi connectivity index (χ4v) is 2.12. The van der Waals surface area contributed by atoms with Gasteiger partial charge in [-0.05, 0) is 36.5 Å². The Morgan fingerprint density at radius 2 is 2.17 bits per heavy atom. The van der Waals surface area contributed by atoms with Crippen LogP contribution in [0.4, 0.5) is 0 Å². The van der Waals surface area contributed by atoms with Crippen molar-refractivity contribution in [2.24, 2.45) is 0 Å². The van der Waals surface area contributed by atoms with Gasteiger partial charge in [-0.15, -0.1) is 0 Å². The Labute approximate surface area is 106 Å². The first-order chi connectivity index (χ1) is 8.38. The van der Waals surface area contributed by atoms with Crippen LogP contribution in [0, 0.1) is 6.92 Å². The van der Waals surface area contributed by atoms with Crippen LogP contribution < -0.4 is 0 Å². The molecule has 0 spiro atoms. The van der Waals surface area contributed by atoms with E-state index >= 15 is 0 Å². The number of carboxylic acids is 1. The normalized spacial score (nSPS) is 11.9. The zero-order chi connectivity index (χ0) is 13.3. The van der Waals surface area contributed by atoms with Gasteiger partial charge in [0.25, 0.3) is 0 Å². The number of H-pyrrole nitrogens is 1. The predicted octanol–water partition coefficient (Wildman–Crippen LogP) is 3.01. The van der Waals surface area contributed by atoms with Crippen LogP contribution >= 0.6 is 0 Å². The predicted molar refractivity (Wildman–Crippen MR) is 70.7 cm³/mol. The summed E-state index contributed by atoms with van der Waals surface area (Å²) < 4.78 is 0. The summed E-state index contributed by atoms with van der Waals surface area (Å²) in [6.07, 6.45) is 0.813. The highest BCUT2D eigenvalue weighted by molar-refractivity contribution is 5.76. The Balaban J connectivity index is 2.31. The zero-order valence-corrected chi connectivity index (χ0v) is 10.9. The van der Waals surface area contributed by atoms with E-state index in [0.29, 0.717) is 6.42 Å². The molecule has 0 amide bonds. The van der Waals surface area contributed by atoms with Crippen molar-refractivity contribution in [2.75, 3.05) is 0 Å². The second kappa shape index (κ2) is 4.44. The fourth-order valence-electron chi connectivity index (χ4n) is 2.12. The Bertz CT molecular complexity index is 584. The summed E-state index contributed by atoms with van der Waals surface area (Å²) in [5, 5.41) is 8.78. The van der Waals surface area contributed by atoms with Gasteiger partial charge in [0.2, 0.25) is 0 Å². The van der Waals surface area contributed by atoms with Crippen molar-refractivity contribution in [1.82, 2.24) is 9.97 Å². The van der Waals surface area contributed by atoms with Crippen molar-refractivity contribution in [3.05, 3.63) is 29.6 Å². The highest BCUT2D eigenvalue weighted by Crippen LogP contribution is 2.30. The molecule has 0 saturated carbocycles. The van der Waals surface area contributed by atoms with Gasteiger partial charge in [0.15, 0.2) is 0 Å². The van der Waals surface area contributed by atoms with E-state index < -0.39 is 5.97 Å². The molecule has 0 fully saturated rings. The first-order valence-corrected chi connectivity index (χ1v) is 6.07. The summed E-state index contributed by atoms with van der Waals surface area (Å²) in [6.45, 7) is 6.07. The highest BCUT2D eigenvalue weighted by Gasteiger charge is 2.22. The maximum absolute atomic E-state index is 10.7. The lowest BCUT2D eigenvalue weighted by Gasteiger charge is -2.24. The number of aromatic nitrogens is 2. The molecule has 4 nitrogen and oxygen atoms in total. The number of aryl methyl sites for hydroxylation is 1. The molecular formula is C14H18N2O2. The summed E-state index contributed by atoms with van der Waals surface area (Å²) in [5.41, 5.74) is 2.95. The summed E-state index contributed by atoms with van der Waals surface area (Å²) in [6, 6.07) is 6.08. The number of aliphatic carboxylic acids is 1.